The number of rotatable bonds is 5. The quantitative estimate of drug-likeness (QED) is 0.884. The van der Waals surface area contributed by atoms with E-state index in [1.165, 1.54) is 11.3 Å². The van der Waals surface area contributed by atoms with Crippen molar-refractivity contribution in [2.45, 2.75) is 43.7 Å². The van der Waals surface area contributed by atoms with Crippen molar-refractivity contribution in [1.82, 2.24) is 9.80 Å². The van der Waals surface area contributed by atoms with Crippen molar-refractivity contribution in [1.29, 1.82) is 0 Å². The molecule has 1 aromatic rings. The van der Waals surface area contributed by atoms with Gasteiger partial charge in [-0.3, -0.25) is 9.69 Å². The van der Waals surface area contributed by atoms with Gasteiger partial charge < -0.3 is 15.4 Å². The Morgan fingerprint density at radius 2 is 2.08 bits per heavy atom. The molecule has 3 rings (SSSR count). The van der Waals surface area contributed by atoms with Gasteiger partial charge in [0.25, 0.3) is 0 Å². The van der Waals surface area contributed by atoms with Crippen LogP contribution in [0.3, 0.4) is 0 Å². The number of ether oxygens (including phenoxy) is 1. The Morgan fingerprint density at radius 1 is 1.38 bits per heavy atom. The highest BCUT2D eigenvalue weighted by atomic mass is 32.1. The lowest BCUT2D eigenvalue weighted by Crippen LogP contribution is -2.56. The van der Waals surface area contributed by atoms with E-state index in [2.05, 4.69) is 22.4 Å². The number of hydrogen-bond donors (Lipinski definition) is 1. The van der Waals surface area contributed by atoms with Gasteiger partial charge in [-0.25, -0.2) is 0 Å². The van der Waals surface area contributed by atoms with E-state index in [0.717, 1.165) is 52.0 Å². The molecule has 1 aliphatic heterocycles. The predicted octanol–water partition coefficient (Wildman–Crippen LogP) is 2.24. The normalized spacial score (nSPS) is 22.9. The Kier molecular flexibility index (Phi) is 5.92. The van der Waals surface area contributed by atoms with Gasteiger partial charge in [-0.05, 0) is 24.3 Å². The van der Waals surface area contributed by atoms with E-state index in [1.54, 1.807) is 11.3 Å². The highest BCUT2D eigenvalue weighted by Gasteiger charge is 2.38. The van der Waals surface area contributed by atoms with Gasteiger partial charge in [0, 0.05) is 31.6 Å². The fraction of sp³-hybridized carbons (Fsp3) is 0.722. The molecule has 0 spiro atoms. The van der Waals surface area contributed by atoms with E-state index in [0.29, 0.717) is 6.54 Å². The van der Waals surface area contributed by atoms with Crippen LogP contribution in [0.4, 0.5) is 0 Å². The van der Waals surface area contributed by atoms with Crippen LogP contribution in [0.25, 0.3) is 0 Å². The molecule has 5 nitrogen and oxygen atoms in total. The summed E-state index contributed by atoms with van der Waals surface area (Å²) in [6.07, 6.45) is 4.96. The van der Waals surface area contributed by atoms with Gasteiger partial charge in [0.15, 0.2) is 0 Å². The molecule has 2 aliphatic rings. The largest absolute Gasteiger partial charge is 0.379 e. The van der Waals surface area contributed by atoms with Crippen molar-refractivity contribution in [2.75, 3.05) is 39.9 Å². The molecule has 1 saturated heterocycles. The smallest absolute Gasteiger partial charge is 0.242 e. The van der Waals surface area contributed by atoms with Gasteiger partial charge >= 0.3 is 0 Å². The van der Waals surface area contributed by atoms with Crippen molar-refractivity contribution >= 4 is 17.2 Å². The third-order valence-corrected chi connectivity index (χ3v) is 6.30. The second-order valence-electron chi connectivity index (χ2n) is 7.08. The molecule has 2 fully saturated rings. The summed E-state index contributed by atoms with van der Waals surface area (Å²) < 4.78 is 5.49. The molecular weight excluding hydrogens is 322 g/mol. The first-order valence-electron chi connectivity index (χ1n) is 9.00. The average molecular weight is 352 g/mol. The first-order chi connectivity index (χ1) is 11.6. The van der Waals surface area contributed by atoms with Crippen LogP contribution in [0, 0.1) is 0 Å². The molecular formula is C18H29N3O2S. The minimum absolute atomic E-state index is 0.108. The minimum Gasteiger partial charge on any atom is -0.379 e. The molecule has 2 N–H and O–H groups in total. The minimum atomic E-state index is -0.655. The molecule has 134 valence electrons. The second-order valence-corrected chi connectivity index (χ2v) is 8.06. The summed E-state index contributed by atoms with van der Waals surface area (Å²) >= 11 is 1.76. The Labute approximate surface area is 148 Å². The summed E-state index contributed by atoms with van der Waals surface area (Å²) in [5, 5.41) is 2.11. The zero-order chi connectivity index (χ0) is 17.0. The molecule has 0 aromatic carbocycles. The number of amides is 1. The molecule has 24 heavy (non-hydrogen) atoms. The number of carbonyl (C=O) groups is 1. The monoisotopic (exact) mass is 351 g/mol. The Morgan fingerprint density at radius 3 is 2.71 bits per heavy atom. The van der Waals surface area contributed by atoms with Crippen molar-refractivity contribution in [2.24, 2.45) is 5.73 Å². The highest BCUT2D eigenvalue weighted by molar-refractivity contribution is 7.10. The van der Waals surface area contributed by atoms with Crippen molar-refractivity contribution in [3.63, 3.8) is 0 Å². The fourth-order valence-corrected chi connectivity index (χ4v) is 4.73. The number of hydrogen-bond acceptors (Lipinski definition) is 5. The molecule has 1 atom stereocenters. The molecule has 1 aromatic heterocycles. The number of morpholine rings is 1. The van der Waals surface area contributed by atoms with Crippen LogP contribution in [-0.2, 0) is 9.53 Å². The average Bonchev–Trinajstić information content (AvgIpc) is 3.14. The van der Waals surface area contributed by atoms with E-state index in [1.807, 2.05) is 11.9 Å². The molecule has 1 aliphatic carbocycles. The van der Waals surface area contributed by atoms with E-state index < -0.39 is 5.54 Å². The van der Waals surface area contributed by atoms with Crippen LogP contribution in [0.2, 0.25) is 0 Å². The van der Waals surface area contributed by atoms with Crippen molar-refractivity contribution in [3.8, 4) is 0 Å². The van der Waals surface area contributed by atoms with Crippen LogP contribution in [-0.4, -0.2) is 61.1 Å². The zero-order valence-corrected chi connectivity index (χ0v) is 15.4. The summed E-state index contributed by atoms with van der Waals surface area (Å²) in [5.41, 5.74) is 5.80. The third-order valence-electron chi connectivity index (χ3n) is 5.32. The Bertz CT molecular complexity index is 522. The number of thiophene rings is 1. The molecule has 1 amide bonds. The SMILES string of the molecule is CN(CC(c1cccs1)N1CCOCC1)C(=O)C1(N)CCCCC1. The molecule has 6 heteroatoms. The third kappa shape index (κ3) is 3.99. The molecule has 2 heterocycles. The topological polar surface area (TPSA) is 58.8 Å². The first-order valence-corrected chi connectivity index (χ1v) is 9.88. The van der Waals surface area contributed by atoms with Crippen molar-refractivity contribution in [3.05, 3.63) is 22.4 Å². The summed E-state index contributed by atoms with van der Waals surface area (Å²) in [4.78, 5) is 18.6. The van der Waals surface area contributed by atoms with Gasteiger partial charge in [-0.2, -0.15) is 0 Å². The summed E-state index contributed by atoms with van der Waals surface area (Å²) in [5.74, 6) is 0.108. The molecule has 1 unspecified atom stereocenters. The fourth-order valence-electron chi connectivity index (χ4n) is 3.87. The number of likely N-dealkylation sites (N-methyl/N-ethyl adjacent to an activating group) is 1. The summed E-state index contributed by atoms with van der Waals surface area (Å²) in [6.45, 7) is 4.05. The van der Waals surface area contributed by atoms with Crippen LogP contribution in [0.15, 0.2) is 17.5 Å². The lowest BCUT2D eigenvalue weighted by atomic mass is 9.81. The first kappa shape index (κ1) is 17.9. The van der Waals surface area contributed by atoms with Crippen molar-refractivity contribution < 1.29 is 9.53 Å². The van der Waals surface area contributed by atoms with Gasteiger partial charge in [0.2, 0.25) is 5.91 Å². The van der Waals surface area contributed by atoms with Gasteiger partial charge in [-0.15, -0.1) is 11.3 Å². The van der Waals surface area contributed by atoms with Gasteiger partial charge in [-0.1, -0.05) is 25.3 Å². The molecule has 1 saturated carbocycles. The highest BCUT2D eigenvalue weighted by Crippen LogP contribution is 2.30. The van der Waals surface area contributed by atoms with Gasteiger partial charge in [0.05, 0.1) is 24.8 Å². The van der Waals surface area contributed by atoms with E-state index >= 15 is 0 Å². The zero-order valence-electron chi connectivity index (χ0n) is 14.6. The molecule has 0 radical (unpaired) electrons. The Balaban J connectivity index is 1.70. The lowest BCUT2D eigenvalue weighted by molar-refractivity contribution is -0.138. The molecule has 0 bridgehead atoms. The predicted molar refractivity (Wildman–Crippen MR) is 97.1 cm³/mol. The van der Waals surface area contributed by atoms with Crippen LogP contribution in [0.1, 0.15) is 43.0 Å². The number of carbonyl (C=O) groups excluding carboxylic acids is 1. The van der Waals surface area contributed by atoms with E-state index in [-0.39, 0.29) is 11.9 Å². The van der Waals surface area contributed by atoms with Crippen LogP contribution >= 0.6 is 11.3 Å². The Hall–Kier alpha value is -0.950. The second kappa shape index (κ2) is 7.95. The summed E-state index contributed by atoms with van der Waals surface area (Å²) in [6, 6.07) is 4.48. The maximum absolute atomic E-state index is 13.0. The van der Waals surface area contributed by atoms with E-state index in [4.69, 9.17) is 10.5 Å². The van der Waals surface area contributed by atoms with E-state index in [9.17, 15) is 4.79 Å². The van der Waals surface area contributed by atoms with Crippen LogP contribution in [0.5, 0.6) is 0 Å². The maximum atomic E-state index is 13.0. The van der Waals surface area contributed by atoms with Gasteiger partial charge in [0.1, 0.15) is 0 Å². The standard InChI is InChI=1S/C18H29N3O2S/c1-20(17(22)18(19)7-3-2-4-8-18)14-15(16-6-5-13-24-16)21-9-11-23-12-10-21/h5-6,13,15H,2-4,7-12,14,19H2,1H3. The van der Waals surface area contributed by atoms with Crippen LogP contribution < -0.4 is 5.73 Å². The number of nitrogens with two attached hydrogens (primary N) is 1. The maximum Gasteiger partial charge on any atom is 0.242 e. The summed E-state index contributed by atoms with van der Waals surface area (Å²) in [7, 11) is 1.91. The lowest BCUT2D eigenvalue weighted by Gasteiger charge is -2.39. The number of nitrogens with zero attached hydrogens (tertiary/aromatic N) is 2.